The zero-order chi connectivity index (χ0) is 14.4. The molecule has 0 aliphatic rings. The highest BCUT2D eigenvalue weighted by atomic mass is 32.1. The molecule has 108 valence electrons. The summed E-state index contributed by atoms with van der Waals surface area (Å²) in [6, 6.07) is 4.18. The molecule has 0 aliphatic carbocycles. The lowest BCUT2D eigenvalue weighted by Gasteiger charge is -2.22. The highest BCUT2D eigenvalue weighted by Gasteiger charge is 2.08. The summed E-state index contributed by atoms with van der Waals surface area (Å²) >= 11 is 1.69. The van der Waals surface area contributed by atoms with E-state index >= 15 is 0 Å². The Labute approximate surface area is 124 Å². The summed E-state index contributed by atoms with van der Waals surface area (Å²) in [5.41, 5.74) is 1.26. The van der Waals surface area contributed by atoms with Crippen LogP contribution in [0.4, 0.5) is 0 Å². The molecule has 0 unspecified atom stereocenters. The van der Waals surface area contributed by atoms with Gasteiger partial charge in [0.25, 0.3) is 0 Å². The van der Waals surface area contributed by atoms with Gasteiger partial charge in [-0.05, 0) is 12.1 Å². The molecular weight excluding hydrogens is 270 g/mol. The molecule has 2 aromatic heterocycles. The Hall–Kier alpha value is -1.82. The molecule has 1 N–H and O–H groups in total. The van der Waals surface area contributed by atoms with Crippen molar-refractivity contribution in [2.24, 2.45) is 12.0 Å². The molecule has 2 heterocycles. The van der Waals surface area contributed by atoms with Crippen molar-refractivity contribution in [2.75, 3.05) is 20.6 Å². The first kappa shape index (κ1) is 14.6. The normalized spacial score (nSPS) is 11.7. The number of thiazole rings is 1. The summed E-state index contributed by atoms with van der Waals surface area (Å²) in [6.07, 6.45) is 4.83. The fourth-order valence-electron chi connectivity index (χ4n) is 2.02. The van der Waals surface area contributed by atoms with Gasteiger partial charge in [-0.15, -0.1) is 11.3 Å². The standard InChI is InChI=1S/C14H21N5S/c1-15-14(17-7-6-13-16-8-10-20-13)19(3)11-12-5-4-9-18(12)2/h4-5,8-10H,6-7,11H2,1-3H3,(H,15,17). The van der Waals surface area contributed by atoms with Crippen LogP contribution in [-0.4, -0.2) is 41.1 Å². The van der Waals surface area contributed by atoms with Crippen molar-refractivity contribution < 1.29 is 0 Å². The van der Waals surface area contributed by atoms with Gasteiger partial charge in [-0.1, -0.05) is 0 Å². The molecule has 0 fully saturated rings. The van der Waals surface area contributed by atoms with Crippen molar-refractivity contribution >= 4 is 17.3 Å². The SMILES string of the molecule is CN=C(NCCc1nccs1)N(C)Cc1cccn1C. The molecule has 0 amide bonds. The van der Waals surface area contributed by atoms with Gasteiger partial charge in [-0.2, -0.15) is 0 Å². The molecule has 5 nitrogen and oxygen atoms in total. The van der Waals surface area contributed by atoms with E-state index in [0.717, 1.165) is 30.5 Å². The van der Waals surface area contributed by atoms with E-state index < -0.39 is 0 Å². The van der Waals surface area contributed by atoms with Crippen LogP contribution in [0.15, 0.2) is 34.9 Å². The quantitative estimate of drug-likeness (QED) is 0.674. The molecule has 6 heteroatoms. The predicted molar refractivity (Wildman–Crippen MR) is 84.1 cm³/mol. The Morgan fingerprint density at radius 2 is 2.40 bits per heavy atom. The Balaban J connectivity index is 1.83. The summed E-state index contributed by atoms with van der Waals surface area (Å²) in [6.45, 7) is 1.68. The maximum absolute atomic E-state index is 4.32. The Bertz CT molecular complexity index is 544. The monoisotopic (exact) mass is 291 g/mol. The minimum atomic E-state index is 0.834. The van der Waals surface area contributed by atoms with E-state index in [1.54, 1.807) is 11.3 Å². The van der Waals surface area contributed by atoms with Gasteiger partial charge in [0.15, 0.2) is 5.96 Å². The molecule has 0 saturated carbocycles. The maximum atomic E-state index is 4.32. The molecule has 2 aromatic rings. The second-order valence-electron chi connectivity index (χ2n) is 4.62. The molecule has 2 rings (SSSR count). The van der Waals surface area contributed by atoms with Crippen LogP contribution >= 0.6 is 11.3 Å². The van der Waals surface area contributed by atoms with Gasteiger partial charge in [-0.3, -0.25) is 4.99 Å². The second kappa shape index (κ2) is 7.09. The van der Waals surface area contributed by atoms with Crippen molar-refractivity contribution in [3.05, 3.63) is 40.6 Å². The average molecular weight is 291 g/mol. The van der Waals surface area contributed by atoms with E-state index in [1.807, 2.05) is 25.7 Å². The summed E-state index contributed by atoms with van der Waals surface area (Å²) in [5, 5.41) is 6.53. The number of nitrogens with zero attached hydrogens (tertiary/aromatic N) is 4. The number of aryl methyl sites for hydroxylation is 1. The van der Waals surface area contributed by atoms with Crippen molar-refractivity contribution in [3.8, 4) is 0 Å². The fourth-order valence-corrected chi connectivity index (χ4v) is 2.64. The van der Waals surface area contributed by atoms with Gasteiger partial charge >= 0.3 is 0 Å². The number of aliphatic imine (C=N–C) groups is 1. The number of hydrogen-bond donors (Lipinski definition) is 1. The van der Waals surface area contributed by atoms with Crippen LogP contribution in [0.2, 0.25) is 0 Å². The Kier molecular flexibility index (Phi) is 5.17. The number of nitrogens with one attached hydrogen (secondary N) is 1. The van der Waals surface area contributed by atoms with E-state index in [9.17, 15) is 0 Å². The van der Waals surface area contributed by atoms with Crippen molar-refractivity contribution in [1.29, 1.82) is 0 Å². The van der Waals surface area contributed by atoms with Crippen LogP contribution in [0.25, 0.3) is 0 Å². The second-order valence-corrected chi connectivity index (χ2v) is 5.60. The van der Waals surface area contributed by atoms with Gasteiger partial charge in [0.05, 0.1) is 11.6 Å². The van der Waals surface area contributed by atoms with Crippen LogP contribution in [0.1, 0.15) is 10.7 Å². The first-order valence-electron chi connectivity index (χ1n) is 6.61. The highest BCUT2D eigenvalue weighted by molar-refractivity contribution is 7.09. The van der Waals surface area contributed by atoms with E-state index in [1.165, 1.54) is 5.69 Å². The molecule has 0 aliphatic heterocycles. The number of aromatic nitrogens is 2. The predicted octanol–water partition coefficient (Wildman–Crippen LogP) is 1.73. The number of hydrogen-bond acceptors (Lipinski definition) is 3. The molecular formula is C14H21N5S. The summed E-state index contributed by atoms with van der Waals surface area (Å²) in [5.74, 6) is 0.905. The first-order valence-corrected chi connectivity index (χ1v) is 7.49. The van der Waals surface area contributed by atoms with Crippen LogP contribution < -0.4 is 5.32 Å². The van der Waals surface area contributed by atoms with E-state index in [2.05, 4.69) is 50.1 Å². The van der Waals surface area contributed by atoms with E-state index in [-0.39, 0.29) is 0 Å². The Morgan fingerprint density at radius 1 is 1.55 bits per heavy atom. The largest absolute Gasteiger partial charge is 0.356 e. The number of rotatable bonds is 5. The smallest absolute Gasteiger partial charge is 0.193 e. The third-order valence-electron chi connectivity index (χ3n) is 3.13. The van der Waals surface area contributed by atoms with Gasteiger partial charge in [0.1, 0.15) is 0 Å². The summed E-state index contributed by atoms with van der Waals surface area (Å²) in [7, 11) is 5.92. The molecule has 0 saturated heterocycles. The van der Waals surface area contributed by atoms with Crippen LogP contribution in [0, 0.1) is 0 Å². The molecule has 0 spiro atoms. The average Bonchev–Trinajstić information content (AvgIpc) is 3.07. The molecule has 0 aromatic carbocycles. The van der Waals surface area contributed by atoms with Crippen LogP contribution in [0.3, 0.4) is 0 Å². The zero-order valence-corrected chi connectivity index (χ0v) is 13.0. The van der Waals surface area contributed by atoms with E-state index in [4.69, 9.17) is 0 Å². The van der Waals surface area contributed by atoms with Gasteiger partial charge in [0, 0.05) is 57.6 Å². The summed E-state index contributed by atoms with van der Waals surface area (Å²) < 4.78 is 2.12. The third kappa shape index (κ3) is 3.84. The highest BCUT2D eigenvalue weighted by Crippen LogP contribution is 2.05. The van der Waals surface area contributed by atoms with Crippen LogP contribution in [-0.2, 0) is 20.0 Å². The zero-order valence-electron chi connectivity index (χ0n) is 12.2. The maximum Gasteiger partial charge on any atom is 0.193 e. The van der Waals surface area contributed by atoms with Crippen molar-refractivity contribution in [3.63, 3.8) is 0 Å². The van der Waals surface area contributed by atoms with E-state index in [0.29, 0.717) is 0 Å². The summed E-state index contributed by atoms with van der Waals surface area (Å²) in [4.78, 5) is 10.7. The lowest BCUT2D eigenvalue weighted by atomic mass is 10.4. The molecule has 0 radical (unpaired) electrons. The first-order chi connectivity index (χ1) is 9.70. The fraction of sp³-hybridized carbons (Fsp3) is 0.429. The minimum absolute atomic E-state index is 0.834. The molecule has 0 atom stereocenters. The lowest BCUT2D eigenvalue weighted by Crippen LogP contribution is -2.39. The third-order valence-corrected chi connectivity index (χ3v) is 3.97. The van der Waals surface area contributed by atoms with Gasteiger partial charge in [-0.25, -0.2) is 4.98 Å². The molecule has 0 bridgehead atoms. The number of guanidine groups is 1. The topological polar surface area (TPSA) is 45.5 Å². The van der Waals surface area contributed by atoms with Crippen molar-refractivity contribution in [2.45, 2.75) is 13.0 Å². The minimum Gasteiger partial charge on any atom is -0.356 e. The molecule has 20 heavy (non-hydrogen) atoms. The van der Waals surface area contributed by atoms with Crippen LogP contribution in [0.5, 0.6) is 0 Å². The Morgan fingerprint density at radius 3 is 3.00 bits per heavy atom. The van der Waals surface area contributed by atoms with Crippen molar-refractivity contribution in [1.82, 2.24) is 19.8 Å². The lowest BCUT2D eigenvalue weighted by molar-refractivity contribution is 0.462. The van der Waals surface area contributed by atoms with Gasteiger partial charge < -0.3 is 14.8 Å². The van der Waals surface area contributed by atoms with Gasteiger partial charge in [0.2, 0.25) is 0 Å².